The molecular formula is C21H22ClNO3. The first kappa shape index (κ1) is 18.5. The van der Waals surface area contributed by atoms with Crippen LogP contribution in [0.2, 0.25) is 5.02 Å². The SMILES string of the molecule is COc1ccc2c(c1)C(C)N(C(=O)CCC(=O)c1ccccc1Cl)CC2. The molecule has 0 aliphatic carbocycles. The summed E-state index contributed by atoms with van der Waals surface area (Å²) in [6.45, 7) is 2.69. The number of carbonyl (C=O) groups is 2. The zero-order valence-corrected chi connectivity index (χ0v) is 15.8. The van der Waals surface area contributed by atoms with E-state index >= 15 is 0 Å². The van der Waals surface area contributed by atoms with Crippen LogP contribution in [0.5, 0.6) is 5.75 Å². The van der Waals surface area contributed by atoms with Gasteiger partial charge in [0.15, 0.2) is 5.78 Å². The number of hydrogen-bond donors (Lipinski definition) is 0. The largest absolute Gasteiger partial charge is 0.497 e. The zero-order valence-electron chi connectivity index (χ0n) is 15.0. The number of rotatable bonds is 5. The van der Waals surface area contributed by atoms with Gasteiger partial charge in [0, 0.05) is 24.9 Å². The van der Waals surface area contributed by atoms with Crippen LogP contribution < -0.4 is 4.74 Å². The monoisotopic (exact) mass is 371 g/mol. The molecule has 0 aromatic heterocycles. The highest BCUT2D eigenvalue weighted by Gasteiger charge is 2.28. The highest BCUT2D eigenvalue weighted by atomic mass is 35.5. The number of halogens is 1. The molecule has 0 saturated carbocycles. The first-order chi connectivity index (χ1) is 12.5. The summed E-state index contributed by atoms with van der Waals surface area (Å²) in [5.41, 5.74) is 2.83. The van der Waals surface area contributed by atoms with Gasteiger partial charge in [-0.05, 0) is 48.7 Å². The van der Waals surface area contributed by atoms with Crippen molar-refractivity contribution in [3.8, 4) is 5.75 Å². The molecule has 0 bridgehead atoms. The number of ether oxygens (including phenoxy) is 1. The van der Waals surface area contributed by atoms with Crippen LogP contribution in [0.25, 0.3) is 0 Å². The molecular weight excluding hydrogens is 350 g/mol. The van der Waals surface area contributed by atoms with Gasteiger partial charge in [0.05, 0.1) is 18.2 Å². The van der Waals surface area contributed by atoms with Crippen LogP contribution in [-0.4, -0.2) is 30.2 Å². The Morgan fingerprint density at radius 2 is 1.96 bits per heavy atom. The Labute approximate surface area is 158 Å². The maximum absolute atomic E-state index is 12.7. The molecule has 3 rings (SSSR count). The van der Waals surface area contributed by atoms with E-state index < -0.39 is 0 Å². The van der Waals surface area contributed by atoms with Crippen molar-refractivity contribution in [3.05, 3.63) is 64.2 Å². The maximum atomic E-state index is 12.7. The summed E-state index contributed by atoms with van der Waals surface area (Å²) in [5.74, 6) is 0.681. The second kappa shape index (κ2) is 7.92. The van der Waals surface area contributed by atoms with E-state index in [0.29, 0.717) is 17.1 Å². The average Bonchev–Trinajstić information content (AvgIpc) is 2.66. The Morgan fingerprint density at radius 1 is 1.19 bits per heavy atom. The third kappa shape index (κ3) is 3.75. The fourth-order valence-corrected chi connectivity index (χ4v) is 3.69. The summed E-state index contributed by atoms with van der Waals surface area (Å²) < 4.78 is 5.30. The fraction of sp³-hybridized carbons (Fsp3) is 0.333. The van der Waals surface area contributed by atoms with Gasteiger partial charge in [-0.1, -0.05) is 29.8 Å². The summed E-state index contributed by atoms with van der Waals surface area (Å²) in [4.78, 5) is 26.9. The molecule has 4 nitrogen and oxygen atoms in total. The molecule has 0 radical (unpaired) electrons. The van der Waals surface area contributed by atoms with Gasteiger partial charge in [0.1, 0.15) is 5.75 Å². The average molecular weight is 372 g/mol. The van der Waals surface area contributed by atoms with E-state index in [9.17, 15) is 9.59 Å². The van der Waals surface area contributed by atoms with Gasteiger partial charge in [0.2, 0.25) is 5.91 Å². The highest BCUT2D eigenvalue weighted by Crippen LogP contribution is 2.32. The van der Waals surface area contributed by atoms with Crippen molar-refractivity contribution in [2.75, 3.05) is 13.7 Å². The topological polar surface area (TPSA) is 46.6 Å². The van der Waals surface area contributed by atoms with Gasteiger partial charge in [-0.25, -0.2) is 0 Å². The normalized spacial score (nSPS) is 16.1. The minimum Gasteiger partial charge on any atom is -0.497 e. The molecule has 0 N–H and O–H groups in total. The van der Waals surface area contributed by atoms with Gasteiger partial charge in [-0.2, -0.15) is 0 Å². The van der Waals surface area contributed by atoms with Gasteiger partial charge >= 0.3 is 0 Å². The number of ketones is 1. The Balaban J connectivity index is 1.67. The lowest BCUT2D eigenvalue weighted by Gasteiger charge is -2.35. The van der Waals surface area contributed by atoms with Gasteiger partial charge in [-0.3, -0.25) is 9.59 Å². The van der Waals surface area contributed by atoms with Gasteiger partial charge in [0.25, 0.3) is 0 Å². The van der Waals surface area contributed by atoms with Crippen molar-refractivity contribution in [1.29, 1.82) is 0 Å². The third-order valence-electron chi connectivity index (χ3n) is 4.95. The molecule has 2 aromatic rings. The highest BCUT2D eigenvalue weighted by molar-refractivity contribution is 6.34. The van der Waals surface area contributed by atoms with Crippen LogP contribution in [0.1, 0.15) is 47.3 Å². The molecule has 1 amide bonds. The predicted octanol–water partition coefficient (Wildman–Crippen LogP) is 4.46. The zero-order chi connectivity index (χ0) is 18.7. The summed E-state index contributed by atoms with van der Waals surface area (Å²) in [6, 6.07) is 12.9. The first-order valence-corrected chi connectivity index (χ1v) is 9.13. The third-order valence-corrected chi connectivity index (χ3v) is 5.28. The van der Waals surface area contributed by atoms with Crippen molar-refractivity contribution in [1.82, 2.24) is 4.90 Å². The molecule has 26 heavy (non-hydrogen) atoms. The molecule has 1 atom stereocenters. The summed E-state index contributed by atoms with van der Waals surface area (Å²) in [5, 5.41) is 0.428. The van der Waals surface area contributed by atoms with Crippen molar-refractivity contribution < 1.29 is 14.3 Å². The number of fused-ring (bicyclic) bond motifs is 1. The molecule has 136 valence electrons. The minimum absolute atomic E-state index is 0.00799. The van der Waals surface area contributed by atoms with E-state index in [-0.39, 0.29) is 30.6 Å². The lowest BCUT2D eigenvalue weighted by atomic mass is 9.92. The number of Topliss-reactive ketones (excluding diaryl/α,β-unsaturated/α-hetero) is 1. The van der Waals surface area contributed by atoms with E-state index in [1.54, 1.807) is 31.4 Å². The fourth-order valence-electron chi connectivity index (χ4n) is 3.45. The Hall–Kier alpha value is -2.33. The molecule has 5 heteroatoms. The Kier molecular flexibility index (Phi) is 5.62. The van der Waals surface area contributed by atoms with Crippen LogP contribution >= 0.6 is 11.6 Å². The minimum atomic E-state index is -0.101. The van der Waals surface area contributed by atoms with E-state index in [2.05, 4.69) is 6.07 Å². The van der Waals surface area contributed by atoms with E-state index in [1.165, 1.54) is 5.56 Å². The van der Waals surface area contributed by atoms with Crippen LogP contribution in [0, 0.1) is 0 Å². The number of carbonyl (C=O) groups excluding carboxylic acids is 2. The number of methoxy groups -OCH3 is 1. The molecule has 1 aliphatic heterocycles. The van der Waals surface area contributed by atoms with Crippen LogP contribution in [0.15, 0.2) is 42.5 Å². The van der Waals surface area contributed by atoms with Crippen molar-refractivity contribution in [2.24, 2.45) is 0 Å². The molecule has 0 spiro atoms. The summed E-state index contributed by atoms with van der Waals surface area (Å²) in [6.07, 6.45) is 1.17. The second-order valence-electron chi connectivity index (χ2n) is 6.48. The van der Waals surface area contributed by atoms with Crippen LogP contribution in [0.4, 0.5) is 0 Å². The van der Waals surface area contributed by atoms with Crippen LogP contribution in [0.3, 0.4) is 0 Å². The summed E-state index contributed by atoms with van der Waals surface area (Å²) in [7, 11) is 1.64. The second-order valence-corrected chi connectivity index (χ2v) is 6.89. The Morgan fingerprint density at radius 3 is 2.69 bits per heavy atom. The lowest BCUT2D eigenvalue weighted by molar-refractivity contribution is -0.133. The molecule has 0 fully saturated rings. The molecule has 0 saturated heterocycles. The van der Waals surface area contributed by atoms with E-state index in [1.807, 2.05) is 24.0 Å². The van der Waals surface area contributed by atoms with Crippen molar-refractivity contribution >= 4 is 23.3 Å². The standard InChI is InChI=1S/C21H22ClNO3/c1-14-18-13-16(26-2)8-7-15(18)11-12-23(14)21(25)10-9-20(24)17-5-3-4-6-19(17)22/h3-8,13-14H,9-12H2,1-2H3. The summed E-state index contributed by atoms with van der Waals surface area (Å²) >= 11 is 6.06. The number of benzene rings is 2. The number of nitrogens with zero attached hydrogens (tertiary/aromatic N) is 1. The Bertz CT molecular complexity index is 834. The molecule has 1 aliphatic rings. The van der Waals surface area contributed by atoms with Gasteiger partial charge < -0.3 is 9.64 Å². The van der Waals surface area contributed by atoms with Crippen molar-refractivity contribution in [3.63, 3.8) is 0 Å². The molecule has 1 heterocycles. The van der Waals surface area contributed by atoms with Gasteiger partial charge in [-0.15, -0.1) is 0 Å². The van der Waals surface area contributed by atoms with Crippen molar-refractivity contribution in [2.45, 2.75) is 32.2 Å². The van der Waals surface area contributed by atoms with Crippen LogP contribution in [-0.2, 0) is 11.2 Å². The predicted molar refractivity (Wildman–Crippen MR) is 102 cm³/mol. The smallest absolute Gasteiger partial charge is 0.223 e. The number of hydrogen-bond acceptors (Lipinski definition) is 3. The molecule has 2 aromatic carbocycles. The number of amides is 1. The molecule has 1 unspecified atom stereocenters. The van der Waals surface area contributed by atoms with E-state index in [4.69, 9.17) is 16.3 Å². The maximum Gasteiger partial charge on any atom is 0.223 e. The first-order valence-electron chi connectivity index (χ1n) is 8.75. The lowest BCUT2D eigenvalue weighted by Crippen LogP contribution is -2.39. The van der Waals surface area contributed by atoms with E-state index in [0.717, 1.165) is 17.7 Å². The quantitative estimate of drug-likeness (QED) is 0.729.